The van der Waals surface area contributed by atoms with Crippen molar-refractivity contribution in [3.63, 3.8) is 0 Å². The van der Waals surface area contributed by atoms with Gasteiger partial charge in [-0.05, 0) is 51.1 Å². The monoisotopic (exact) mass is 316 g/mol. The highest BCUT2D eigenvalue weighted by atomic mass is 32.2. The molecule has 3 unspecified atom stereocenters. The van der Waals surface area contributed by atoms with Gasteiger partial charge in [-0.2, -0.15) is 0 Å². The lowest BCUT2D eigenvalue weighted by Gasteiger charge is -2.47. The Kier molecular flexibility index (Phi) is 4.60. The van der Waals surface area contributed by atoms with Crippen LogP contribution in [0.3, 0.4) is 0 Å². The summed E-state index contributed by atoms with van der Waals surface area (Å²) in [5.74, 6) is 0.653. The molecular formula is C15H28N2O3S. The van der Waals surface area contributed by atoms with Crippen LogP contribution in [-0.4, -0.2) is 55.4 Å². The Balaban J connectivity index is 1.63. The summed E-state index contributed by atoms with van der Waals surface area (Å²) in [7, 11) is -3.18. The molecule has 2 saturated heterocycles. The topological polar surface area (TPSA) is 69.6 Å². The van der Waals surface area contributed by atoms with Crippen LogP contribution in [0, 0.1) is 11.8 Å². The molecule has 3 fully saturated rings. The summed E-state index contributed by atoms with van der Waals surface area (Å²) in [4.78, 5) is 0. The van der Waals surface area contributed by atoms with Crippen LogP contribution in [0.1, 0.15) is 44.9 Å². The number of rotatable bonds is 3. The lowest BCUT2D eigenvalue weighted by atomic mass is 9.72. The van der Waals surface area contributed by atoms with E-state index in [0.717, 1.165) is 51.6 Å². The fraction of sp³-hybridized carbons (Fsp3) is 1.00. The lowest BCUT2D eigenvalue weighted by molar-refractivity contribution is -0.0817. The first-order chi connectivity index (χ1) is 10.00. The van der Waals surface area contributed by atoms with E-state index >= 15 is 0 Å². The van der Waals surface area contributed by atoms with E-state index < -0.39 is 15.6 Å². The molecule has 1 aliphatic carbocycles. The Hall–Kier alpha value is -0.170. The predicted octanol–water partition coefficient (Wildman–Crippen LogP) is 0.943. The number of piperidine rings is 2. The zero-order valence-electron chi connectivity index (χ0n) is 12.8. The van der Waals surface area contributed by atoms with Gasteiger partial charge in [0.15, 0.2) is 0 Å². The summed E-state index contributed by atoms with van der Waals surface area (Å²) in [6.45, 7) is 2.85. The molecule has 0 bridgehead atoms. The molecular weight excluding hydrogens is 288 g/mol. The van der Waals surface area contributed by atoms with E-state index in [2.05, 4.69) is 5.32 Å². The van der Waals surface area contributed by atoms with Gasteiger partial charge in [0.1, 0.15) is 0 Å². The highest BCUT2D eigenvalue weighted by molar-refractivity contribution is 7.89. The number of hydrogen-bond donors (Lipinski definition) is 2. The maximum absolute atomic E-state index is 12.6. The summed E-state index contributed by atoms with van der Waals surface area (Å²) in [5, 5.41) is 14.0. The van der Waals surface area contributed by atoms with Crippen LogP contribution < -0.4 is 5.32 Å². The van der Waals surface area contributed by atoms with E-state index in [9.17, 15) is 13.5 Å². The molecule has 0 aromatic heterocycles. The number of sulfonamides is 1. The van der Waals surface area contributed by atoms with E-state index in [0.29, 0.717) is 19.5 Å². The number of hydrogen-bond acceptors (Lipinski definition) is 4. The fourth-order valence-corrected chi connectivity index (χ4v) is 6.13. The number of nitrogens with zero attached hydrogens (tertiary/aromatic N) is 1. The Bertz CT molecular complexity index is 462. The van der Waals surface area contributed by atoms with Gasteiger partial charge in [0.05, 0.1) is 11.4 Å². The van der Waals surface area contributed by atoms with Crippen LogP contribution >= 0.6 is 0 Å². The van der Waals surface area contributed by atoms with Crippen LogP contribution in [-0.2, 0) is 10.0 Å². The van der Waals surface area contributed by atoms with Crippen molar-refractivity contribution in [2.75, 3.05) is 31.9 Å². The summed E-state index contributed by atoms with van der Waals surface area (Å²) < 4.78 is 27.0. The smallest absolute Gasteiger partial charge is 0.214 e. The van der Waals surface area contributed by atoms with Crippen molar-refractivity contribution in [3.8, 4) is 0 Å². The molecule has 5 nitrogen and oxygen atoms in total. The van der Waals surface area contributed by atoms with E-state index in [1.165, 1.54) is 0 Å². The molecule has 2 aliphatic heterocycles. The Morgan fingerprint density at radius 1 is 1.19 bits per heavy atom. The molecule has 21 heavy (non-hydrogen) atoms. The SMILES string of the molecule is O=S(=O)(CC1CCCNC1)N1CCC2(O)CCCCC2C1. The second kappa shape index (κ2) is 6.14. The highest BCUT2D eigenvalue weighted by Crippen LogP contribution is 2.40. The van der Waals surface area contributed by atoms with Crippen molar-refractivity contribution in [1.29, 1.82) is 0 Å². The first-order valence-electron chi connectivity index (χ1n) is 8.40. The minimum atomic E-state index is -3.18. The van der Waals surface area contributed by atoms with Crippen molar-refractivity contribution >= 4 is 10.0 Å². The van der Waals surface area contributed by atoms with Gasteiger partial charge in [0.25, 0.3) is 0 Å². The van der Waals surface area contributed by atoms with Gasteiger partial charge in [0.2, 0.25) is 10.0 Å². The zero-order valence-corrected chi connectivity index (χ0v) is 13.6. The third-order valence-electron chi connectivity index (χ3n) is 5.63. The van der Waals surface area contributed by atoms with Crippen molar-refractivity contribution < 1.29 is 13.5 Å². The molecule has 0 aromatic carbocycles. The number of aliphatic hydroxyl groups is 1. The van der Waals surface area contributed by atoms with E-state index in [-0.39, 0.29) is 17.6 Å². The second-order valence-electron chi connectivity index (χ2n) is 7.15. The highest BCUT2D eigenvalue weighted by Gasteiger charge is 2.45. The van der Waals surface area contributed by atoms with E-state index in [4.69, 9.17) is 0 Å². The quantitative estimate of drug-likeness (QED) is 0.813. The second-order valence-corrected chi connectivity index (χ2v) is 9.16. The van der Waals surface area contributed by atoms with Crippen LogP contribution in [0.4, 0.5) is 0 Å². The van der Waals surface area contributed by atoms with Crippen molar-refractivity contribution in [2.24, 2.45) is 11.8 Å². The Labute approximate surface area is 128 Å². The molecule has 3 aliphatic rings. The molecule has 0 radical (unpaired) electrons. The Morgan fingerprint density at radius 3 is 2.81 bits per heavy atom. The summed E-state index contributed by atoms with van der Waals surface area (Å²) in [6.07, 6.45) is 6.70. The number of nitrogens with one attached hydrogen (secondary N) is 1. The van der Waals surface area contributed by atoms with E-state index in [1.54, 1.807) is 4.31 Å². The third kappa shape index (κ3) is 3.44. The standard InChI is InChI=1S/C15H28N2O3S/c18-15-6-2-1-5-14(15)11-17(9-7-15)21(19,20)12-13-4-3-8-16-10-13/h13-14,16,18H,1-12H2. The van der Waals surface area contributed by atoms with Crippen molar-refractivity contribution in [2.45, 2.75) is 50.5 Å². The molecule has 0 amide bonds. The van der Waals surface area contributed by atoms with E-state index in [1.807, 2.05) is 0 Å². The average Bonchev–Trinajstić information content (AvgIpc) is 2.46. The predicted molar refractivity (Wildman–Crippen MR) is 82.5 cm³/mol. The largest absolute Gasteiger partial charge is 0.390 e. The molecule has 6 heteroatoms. The molecule has 122 valence electrons. The van der Waals surface area contributed by atoms with Crippen LogP contribution in [0.25, 0.3) is 0 Å². The van der Waals surface area contributed by atoms with Gasteiger partial charge in [-0.1, -0.05) is 12.8 Å². The maximum Gasteiger partial charge on any atom is 0.214 e. The molecule has 1 saturated carbocycles. The zero-order chi connectivity index (χ0) is 14.9. The number of fused-ring (bicyclic) bond motifs is 1. The van der Waals surface area contributed by atoms with Gasteiger partial charge in [-0.15, -0.1) is 0 Å². The van der Waals surface area contributed by atoms with Gasteiger partial charge in [-0.3, -0.25) is 0 Å². The lowest BCUT2D eigenvalue weighted by Crippen LogP contribution is -2.55. The van der Waals surface area contributed by atoms with Gasteiger partial charge < -0.3 is 10.4 Å². The van der Waals surface area contributed by atoms with Crippen LogP contribution in [0.2, 0.25) is 0 Å². The fourth-order valence-electron chi connectivity index (χ4n) is 4.26. The minimum Gasteiger partial charge on any atom is -0.390 e. The summed E-state index contributed by atoms with van der Waals surface area (Å²) in [6, 6.07) is 0. The molecule has 2 N–H and O–H groups in total. The maximum atomic E-state index is 12.6. The molecule has 0 spiro atoms. The molecule has 2 heterocycles. The van der Waals surface area contributed by atoms with Crippen molar-refractivity contribution in [1.82, 2.24) is 9.62 Å². The Morgan fingerprint density at radius 2 is 2.05 bits per heavy atom. The molecule has 3 atom stereocenters. The first-order valence-corrected chi connectivity index (χ1v) is 10.0. The van der Waals surface area contributed by atoms with Gasteiger partial charge in [0, 0.05) is 19.0 Å². The van der Waals surface area contributed by atoms with Gasteiger partial charge >= 0.3 is 0 Å². The average molecular weight is 316 g/mol. The van der Waals surface area contributed by atoms with Crippen LogP contribution in [0.15, 0.2) is 0 Å². The van der Waals surface area contributed by atoms with Crippen molar-refractivity contribution in [3.05, 3.63) is 0 Å². The van der Waals surface area contributed by atoms with Crippen LogP contribution in [0.5, 0.6) is 0 Å². The summed E-state index contributed by atoms with van der Waals surface area (Å²) in [5.41, 5.74) is -0.601. The first kappa shape index (κ1) is 15.7. The normalized spacial score (nSPS) is 38.9. The van der Waals surface area contributed by atoms with Gasteiger partial charge in [-0.25, -0.2) is 12.7 Å². The minimum absolute atomic E-state index is 0.138. The summed E-state index contributed by atoms with van der Waals surface area (Å²) >= 11 is 0. The molecule has 3 rings (SSSR count). The third-order valence-corrected chi connectivity index (χ3v) is 7.64. The molecule has 0 aromatic rings.